The maximum Gasteiger partial charge on any atom is 0.265 e. The number of nitrogens with one attached hydrogen (secondary N) is 1. The van der Waals surface area contributed by atoms with E-state index in [1.54, 1.807) is 17.1 Å². The van der Waals surface area contributed by atoms with Gasteiger partial charge in [0.05, 0.1) is 22.8 Å². The number of aromatic nitrogens is 2. The minimum atomic E-state index is -0.132. The van der Waals surface area contributed by atoms with Gasteiger partial charge in [0.25, 0.3) is 5.91 Å². The van der Waals surface area contributed by atoms with Gasteiger partial charge in [-0.05, 0) is 50.7 Å². The Bertz CT molecular complexity index is 898. The summed E-state index contributed by atoms with van der Waals surface area (Å²) in [6.07, 6.45) is 12.8. The topological polar surface area (TPSA) is 67.2 Å². The SMILES string of the molecule is Cn1cc(NC(=O)c2ccc(C3CCCN3C(=O)CC3=CCCCC3)s2)cn1. The molecule has 7 heteroatoms. The van der Waals surface area contributed by atoms with Crippen LogP contribution < -0.4 is 5.32 Å². The molecule has 148 valence electrons. The quantitative estimate of drug-likeness (QED) is 0.764. The number of allylic oxidation sites excluding steroid dienone is 1. The second-order valence-electron chi connectivity index (χ2n) is 7.59. The number of thiophene rings is 1. The number of nitrogens with zero attached hydrogens (tertiary/aromatic N) is 3. The van der Waals surface area contributed by atoms with Crippen molar-refractivity contribution in [1.29, 1.82) is 0 Å². The average Bonchev–Trinajstić information content (AvgIpc) is 3.42. The maximum atomic E-state index is 12.9. The lowest BCUT2D eigenvalue weighted by molar-refractivity contribution is -0.131. The van der Waals surface area contributed by atoms with E-state index < -0.39 is 0 Å². The lowest BCUT2D eigenvalue weighted by Crippen LogP contribution is -2.30. The molecule has 2 aliphatic rings. The highest BCUT2D eigenvalue weighted by molar-refractivity contribution is 7.14. The minimum absolute atomic E-state index is 0.0987. The van der Waals surface area contributed by atoms with Gasteiger partial charge in [0, 0.05) is 31.1 Å². The molecule has 4 rings (SSSR count). The highest BCUT2D eigenvalue weighted by atomic mass is 32.1. The summed E-state index contributed by atoms with van der Waals surface area (Å²) >= 11 is 1.48. The molecule has 0 saturated carbocycles. The zero-order chi connectivity index (χ0) is 19.5. The van der Waals surface area contributed by atoms with E-state index in [9.17, 15) is 9.59 Å². The third-order valence-corrected chi connectivity index (χ3v) is 6.66. The molecule has 28 heavy (non-hydrogen) atoms. The largest absolute Gasteiger partial charge is 0.335 e. The predicted octanol–water partition coefficient (Wildman–Crippen LogP) is 4.29. The fourth-order valence-electron chi connectivity index (χ4n) is 4.05. The summed E-state index contributed by atoms with van der Waals surface area (Å²) in [5.41, 5.74) is 1.98. The number of hydrogen-bond acceptors (Lipinski definition) is 4. The van der Waals surface area contributed by atoms with E-state index in [2.05, 4.69) is 16.5 Å². The van der Waals surface area contributed by atoms with Crippen molar-refractivity contribution in [3.8, 4) is 0 Å². The molecule has 1 saturated heterocycles. The van der Waals surface area contributed by atoms with Gasteiger partial charge in [0.2, 0.25) is 5.91 Å². The smallest absolute Gasteiger partial charge is 0.265 e. The van der Waals surface area contributed by atoms with Crippen molar-refractivity contribution >= 4 is 28.8 Å². The van der Waals surface area contributed by atoms with Gasteiger partial charge in [-0.3, -0.25) is 14.3 Å². The molecule has 1 fully saturated rings. The number of aryl methyl sites for hydroxylation is 1. The average molecular weight is 399 g/mol. The maximum absolute atomic E-state index is 12.9. The first-order valence-electron chi connectivity index (χ1n) is 9.97. The van der Waals surface area contributed by atoms with Crippen molar-refractivity contribution < 1.29 is 9.59 Å². The first-order chi connectivity index (χ1) is 13.6. The lowest BCUT2D eigenvalue weighted by Gasteiger charge is -2.25. The molecular weight excluding hydrogens is 372 g/mol. The van der Waals surface area contributed by atoms with E-state index >= 15 is 0 Å². The van der Waals surface area contributed by atoms with Gasteiger partial charge in [0.1, 0.15) is 0 Å². The molecule has 1 aliphatic heterocycles. The van der Waals surface area contributed by atoms with Gasteiger partial charge in [0.15, 0.2) is 0 Å². The van der Waals surface area contributed by atoms with Crippen molar-refractivity contribution in [3.63, 3.8) is 0 Å². The number of carbonyl (C=O) groups is 2. The van der Waals surface area contributed by atoms with Crippen LogP contribution in [0.2, 0.25) is 0 Å². The van der Waals surface area contributed by atoms with Crippen molar-refractivity contribution in [2.45, 2.75) is 51.0 Å². The molecule has 2 aromatic rings. The minimum Gasteiger partial charge on any atom is -0.335 e. The van der Waals surface area contributed by atoms with Crippen LogP contribution in [0.3, 0.4) is 0 Å². The number of carbonyl (C=O) groups excluding carboxylic acids is 2. The van der Waals surface area contributed by atoms with Crippen LogP contribution >= 0.6 is 11.3 Å². The summed E-state index contributed by atoms with van der Waals surface area (Å²) in [5.74, 6) is 0.0953. The van der Waals surface area contributed by atoms with Crippen LogP contribution in [0.1, 0.15) is 65.5 Å². The number of anilines is 1. The van der Waals surface area contributed by atoms with E-state index in [1.165, 1.54) is 29.8 Å². The fraction of sp³-hybridized carbons (Fsp3) is 0.476. The Kier molecular flexibility index (Phi) is 5.62. The molecule has 6 nitrogen and oxygen atoms in total. The Morgan fingerprint density at radius 3 is 2.93 bits per heavy atom. The molecule has 2 amide bonds. The Balaban J connectivity index is 1.42. The molecule has 1 unspecified atom stereocenters. The summed E-state index contributed by atoms with van der Waals surface area (Å²) in [6.45, 7) is 0.811. The van der Waals surface area contributed by atoms with Crippen LogP contribution in [0, 0.1) is 0 Å². The van der Waals surface area contributed by atoms with Crippen LogP contribution in [0.15, 0.2) is 36.2 Å². The molecule has 0 aromatic carbocycles. The first kappa shape index (κ1) is 18.9. The highest BCUT2D eigenvalue weighted by Crippen LogP contribution is 2.37. The van der Waals surface area contributed by atoms with E-state index in [0.29, 0.717) is 17.0 Å². The third-order valence-electron chi connectivity index (χ3n) is 5.48. The van der Waals surface area contributed by atoms with Crippen molar-refractivity contribution in [2.75, 3.05) is 11.9 Å². The molecule has 0 bridgehead atoms. The summed E-state index contributed by atoms with van der Waals surface area (Å²) in [5, 5.41) is 6.94. The van der Waals surface area contributed by atoms with Gasteiger partial charge in [-0.2, -0.15) is 5.10 Å². The van der Waals surface area contributed by atoms with E-state index in [1.807, 2.05) is 24.1 Å². The molecule has 0 radical (unpaired) electrons. The predicted molar refractivity (Wildman–Crippen MR) is 110 cm³/mol. The molecule has 0 spiro atoms. The van der Waals surface area contributed by atoms with Crippen LogP contribution in [-0.4, -0.2) is 33.0 Å². The Morgan fingerprint density at radius 1 is 1.29 bits per heavy atom. The highest BCUT2D eigenvalue weighted by Gasteiger charge is 2.31. The van der Waals surface area contributed by atoms with Crippen LogP contribution in [0.4, 0.5) is 5.69 Å². The molecule has 2 aromatic heterocycles. The molecule has 1 atom stereocenters. The normalized spacial score (nSPS) is 19.5. The zero-order valence-corrected chi connectivity index (χ0v) is 17.0. The Labute approximate surface area is 169 Å². The molecule has 3 heterocycles. The van der Waals surface area contributed by atoms with E-state index in [4.69, 9.17) is 0 Å². The second kappa shape index (κ2) is 8.31. The first-order valence-corrected chi connectivity index (χ1v) is 10.8. The zero-order valence-electron chi connectivity index (χ0n) is 16.2. The number of likely N-dealkylation sites (tertiary alicyclic amines) is 1. The fourth-order valence-corrected chi connectivity index (χ4v) is 5.11. The van der Waals surface area contributed by atoms with Crippen LogP contribution in [0.25, 0.3) is 0 Å². The van der Waals surface area contributed by atoms with Gasteiger partial charge in [-0.15, -0.1) is 11.3 Å². The van der Waals surface area contributed by atoms with Crippen molar-refractivity contribution in [1.82, 2.24) is 14.7 Å². The number of amides is 2. The van der Waals surface area contributed by atoms with Crippen molar-refractivity contribution in [3.05, 3.63) is 45.9 Å². The van der Waals surface area contributed by atoms with Gasteiger partial charge < -0.3 is 10.2 Å². The summed E-state index contributed by atoms with van der Waals surface area (Å²) in [7, 11) is 1.81. The van der Waals surface area contributed by atoms with Crippen LogP contribution in [-0.2, 0) is 11.8 Å². The second-order valence-corrected chi connectivity index (χ2v) is 8.70. The van der Waals surface area contributed by atoms with Gasteiger partial charge >= 0.3 is 0 Å². The van der Waals surface area contributed by atoms with E-state index in [0.717, 1.165) is 37.1 Å². The molecule has 1 aliphatic carbocycles. The van der Waals surface area contributed by atoms with Gasteiger partial charge in [-0.1, -0.05) is 11.6 Å². The van der Waals surface area contributed by atoms with Crippen LogP contribution in [0.5, 0.6) is 0 Å². The molecule has 1 N–H and O–H groups in total. The summed E-state index contributed by atoms with van der Waals surface area (Å²) < 4.78 is 1.65. The number of hydrogen-bond donors (Lipinski definition) is 1. The molecular formula is C21H26N4O2S. The Hall–Kier alpha value is -2.41. The lowest BCUT2D eigenvalue weighted by atomic mass is 9.96. The summed E-state index contributed by atoms with van der Waals surface area (Å²) in [4.78, 5) is 29.2. The number of rotatable bonds is 5. The summed E-state index contributed by atoms with van der Waals surface area (Å²) in [6, 6.07) is 3.96. The van der Waals surface area contributed by atoms with Crippen molar-refractivity contribution in [2.24, 2.45) is 7.05 Å². The Morgan fingerprint density at radius 2 is 2.18 bits per heavy atom. The monoisotopic (exact) mass is 398 g/mol. The standard InChI is InChI=1S/C21H26N4O2S/c1-24-14-16(13-22-24)23-21(27)19-10-9-18(28-19)17-8-5-11-25(17)20(26)12-15-6-3-2-4-7-15/h6,9-10,13-14,17H,2-5,7-8,11-12H2,1H3,(H,23,27). The van der Waals surface area contributed by atoms with E-state index in [-0.39, 0.29) is 17.9 Å². The van der Waals surface area contributed by atoms with Gasteiger partial charge in [-0.25, -0.2) is 0 Å². The third kappa shape index (κ3) is 4.19.